The van der Waals surface area contributed by atoms with E-state index in [1.807, 2.05) is 25.1 Å². The van der Waals surface area contributed by atoms with Gasteiger partial charge in [-0.1, -0.05) is 13.8 Å². The first-order chi connectivity index (χ1) is 8.52. The Labute approximate surface area is 108 Å². The average molecular weight is 244 g/mol. The van der Waals surface area contributed by atoms with Crippen LogP contribution in [0.2, 0.25) is 0 Å². The molecule has 2 rings (SSSR count). The van der Waals surface area contributed by atoms with Crippen LogP contribution in [0.1, 0.15) is 25.5 Å². The summed E-state index contributed by atoms with van der Waals surface area (Å²) in [6.07, 6.45) is 0. The van der Waals surface area contributed by atoms with Crippen molar-refractivity contribution >= 4 is 16.6 Å². The molecule has 1 aromatic heterocycles. The third-order valence-corrected chi connectivity index (χ3v) is 3.06. The van der Waals surface area contributed by atoms with Crippen molar-refractivity contribution in [3.8, 4) is 5.75 Å². The Morgan fingerprint density at radius 1 is 1.17 bits per heavy atom. The van der Waals surface area contributed by atoms with Crippen molar-refractivity contribution in [3.05, 3.63) is 30.0 Å². The number of methoxy groups -OCH3 is 1. The van der Waals surface area contributed by atoms with Crippen LogP contribution in [0, 0.1) is 0 Å². The maximum atomic E-state index is 5.29. The van der Waals surface area contributed by atoms with E-state index in [1.54, 1.807) is 7.11 Å². The first kappa shape index (κ1) is 12.7. The normalized spacial score (nSPS) is 11.0. The third-order valence-electron chi connectivity index (χ3n) is 3.06. The van der Waals surface area contributed by atoms with E-state index in [4.69, 9.17) is 9.72 Å². The van der Waals surface area contributed by atoms with Crippen molar-refractivity contribution in [1.29, 1.82) is 0 Å². The van der Waals surface area contributed by atoms with E-state index in [-0.39, 0.29) is 0 Å². The standard InChI is InChI=1S/C15H20N2O/c1-10(2)15-13-7-6-12(18-5)8-11(13)9-14(16-15)17(3)4/h6-10H,1-5H3. The van der Waals surface area contributed by atoms with Crippen LogP contribution in [0.4, 0.5) is 5.82 Å². The molecular weight excluding hydrogens is 224 g/mol. The second-order valence-corrected chi connectivity index (χ2v) is 5.00. The highest BCUT2D eigenvalue weighted by Gasteiger charge is 2.11. The number of pyridine rings is 1. The molecule has 0 radical (unpaired) electrons. The Morgan fingerprint density at radius 2 is 1.89 bits per heavy atom. The van der Waals surface area contributed by atoms with E-state index in [9.17, 15) is 0 Å². The highest BCUT2D eigenvalue weighted by molar-refractivity contribution is 5.88. The summed E-state index contributed by atoms with van der Waals surface area (Å²) in [5.41, 5.74) is 1.14. The molecule has 0 atom stereocenters. The van der Waals surface area contributed by atoms with Crippen LogP contribution in [-0.2, 0) is 0 Å². The number of hydrogen-bond acceptors (Lipinski definition) is 3. The number of benzene rings is 1. The maximum Gasteiger partial charge on any atom is 0.128 e. The number of hydrogen-bond donors (Lipinski definition) is 0. The summed E-state index contributed by atoms with van der Waals surface area (Å²) in [5.74, 6) is 2.27. The molecule has 0 spiro atoms. The minimum absolute atomic E-state index is 0.404. The van der Waals surface area contributed by atoms with Crippen molar-refractivity contribution in [2.75, 3.05) is 26.1 Å². The molecule has 0 bridgehead atoms. The maximum absolute atomic E-state index is 5.29. The summed E-state index contributed by atoms with van der Waals surface area (Å²) in [6.45, 7) is 4.34. The number of anilines is 1. The lowest BCUT2D eigenvalue weighted by atomic mass is 10.0. The monoisotopic (exact) mass is 244 g/mol. The topological polar surface area (TPSA) is 25.4 Å². The van der Waals surface area contributed by atoms with Crippen molar-refractivity contribution in [2.45, 2.75) is 19.8 Å². The summed E-state index contributed by atoms with van der Waals surface area (Å²) < 4.78 is 5.29. The van der Waals surface area contributed by atoms with E-state index >= 15 is 0 Å². The Morgan fingerprint density at radius 3 is 2.44 bits per heavy atom. The number of nitrogens with zero attached hydrogens (tertiary/aromatic N) is 2. The molecule has 3 nitrogen and oxygen atoms in total. The van der Waals surface area contributed by atoms with Crippen molar-refractivity contribution in [2.24, 2.45) is 0 Å². The van der Waals surface area contributed by atoms with Gasteiger partial charge in [0.2, 0.25) is 0 Å². The molecule has 2 aromatic rings. The molecule has 0 N–H and O–H groups in total. The van der Waals surface area contributed by atoms with Crippen LogP contribution in [0.3, 0.4) is 0 Å². The van der Waals surface area contributed by atoms with Gasteiger partial charge in [0.1, 0.15) is 11.6 Å². The minimum Gasteiger partial charge on any atom is -0.497 e. The highest BCUT2D eigenvalue weighted by Crippen LogP contribution is 2.29. The summed E-state index contributed by atoms with van der Waals surface area (Å²) in [7, 11) is 5.72. The summed E-state index contributed by atoms with van der Waals surface area (Å²) in [6, 6.07) is 8.25. The quantitative estimate of drug-likeness (QED) is 0.827. The molecule has 0 aliphatic rings. The summed E-state index contributed by atoms with van der Waals surface area (Å²) in [4.78, 5) is 6.77. The minimum atomic E-state index is 0.404. The molecule has 1 aromatic carbocycles. The second kappa shape index (κ2) is 4.84. The summed E-state index contributed by atoms with van der Waals surface area (Å²) >= 11 is 0. The number of rotatable bonds is 3. The third kappa shape index (κ3) is 2.26. The SMILES string of the molecule is COc1ccc2c(C(C)C)nc(N(C)C)cc2c1. The molecule has 18 heavy (non-hydrogen) atoms. The van der Waals surface area contributed by atoms with Crippen LogP contribution in [0.25, 0.3) is 10.8 Å². The fourth-order valence-corrected chi connectivity index (χ4v) is 2.04. The molecule has 0 aliphatic carbocycles. The van der Waals surface area contributed by atoms with Crippen molar-refractivity contribution in [1.82, 2.24) is 4.98 Å². The first-order valence-electron chi connectivity index (χ1n) is 6.19. The van der Waals surface area contributed by atoms with Gasteiger partial charge in [-0.3, -0.25) is 0 Å². The van der Waals surface area contributed by atoms with E-state index in [2.05, 4.69) is 32.0 Å². The van der Waals surface area contributed by atoms with Crippen LogP contribution in [-0.4, -0.2) is 26.2 Å². The van der Waals surface area contributed by atoms with E-state index in [0.29, 0.717) is 5.92 Å². The largest absolute Gasteiger partial charge is 0.497 e. The van der Waals surface area contributed by atoms with Gasteiger partial charge in [-0.2, -0.15) is 0 Å². The molecular formula is C15H20N2O. The predicted octanol–water partition coefficient (Wildman–Crippen LogP) is 3.43. The molecule has 3 heteroatoms. The zero-order chi connectivity index (χ0) is 13.3. The Bertz CT molecular complexity index is 562. The molecule has 0 unspecified atom stereocenters. The van der Waals surface area contributed by atoms with Crippen LogP contribution in [0.15, 0.2) is 24.3 Å². The van der Waals surface area contributed by atoms with Gasteiger partial charge in [0.15, 0.2) is 0 Å². The number of ether oxygens (including phenoxy) is 1. The van der Waals surface area contributed by atoms with Gasteiger partial charge in [-0.05, 0) is 35.6 Å². The zero-order valence-electron chi connectivity index (χ0n) is 11.7. The van der Waals surface area contributed by atoms with E-state index in [1.165, 1.54) is 10.8 Å². The van der Waals surface area contributed by atoms with Gasteiger partial charge in [0.25, 0.3) is 0 Å². The second-order valence-electron chi connectivity index (χ2n) is 5.00. The van der Waals surface area contributed by atoms with Gasteiger partial charge >= 0.3 is 0 Å². The molecule has 0 aliphatic heterocycles. The Hall–Kier alpha value is -1.77. The fraction of sp³-hybridized carbons (Fsp3) is 0.400. The fourth-order valence-electron chi connectivity index (χ4n) is 2.04. The van der Waals surface area contributed by atoms with Gasteiger partial charge in [-0.25, -0.2) is 4.98 Å². The van der Waals surface area contributed by atoms with Gasteiger partial charge in [0.05, 0.1) is 12.8 Å². The van der Waals surface area contributed by atoms with E-state index in [0.717, 1.165) is 17.3 Å². The van der Waals surface area contributed by atoms with Crippen LogP contribution in [0.5, 0.6) is 5.75 Å². The van der Waals surface area contributed by atoms with Gasteiger partial charge in [0, 0.05) is 19.5 Å². The lowest BCUT2D eigenvalue weighted by molar-refractivity contribution is 0.415. The van der Waals surface area contributed by atoms with Gasteiger partial charge < -0.3 is 9.64 Å². The molecule has 0 saturated heterocycles. The number of fused-ring (bicyclic) bond motifs is 1. The number of aromatic nitrogens is 1. The summed E-state index contributed by atoms with van der Waals surface area (Å²) in [5, 5.41) is 2.38. The predicted molar refractivity (Wildman–Crippen MR) is 76.7 cm³/mol. The molecule has 96 valence electrons. The molecule has 0 saturated carbocycles. The van der Waals surface area contributed by atoms with Crippen molar-refractivity contribution in [3.63, 3.8) is 0 Å². The molecule has 0 fully saturated rings. The Balaban J connectivity index is 2.72. The Kier molecular flexibility index (Phi) is 3.41. The molecule has 1 heterocycles. The zero-order valence-corrected chi connectivity index (χ0v) is 11.7. The highest BCUT2D eigenvalue weighted by atomic mass is 16.5. The average Bonchev–Trinajstić information content (AvgIpc) is 2.36. The van der Waals surface area contributed by atoms with Crippen molar-refractivity contribution < 1.29 is 4.74 Å². The lowest BCUT2D eigenvalue weighted by Crippen LogP contribution is -2.12. The van der Waals surface area contributed by atoms with E-state index < -0.39 is 0 Å². The molecule has 0 amide bonds. The van der Waals surface area contributed by atoms with Gasteiger partial charge in [-0.15, -0.1) is 0 Å². The smallest absolute Gasteiger partial charge is 0.128 e. The van der Waals surface area contributed by atoms with Crippen LogP contribution >= 0.6 is 0 Å². The van der Waals surface area contributed by atoms with Crippen LogP contribution < -0.4 is 9.64 Å². The lowest BCUT2D eigenvalue weighted by Gasteiger charge is -2.17. The first-order valence-corrected chi connectivity index (χ1v) is 6.19.